The Bertz CT molecular complexity index is 818. The molecule has 1 fully saturated rings. The zero-order valence-corrected chi connectivity index (χ0v) is 15.5. The van der Waals surface area contributed by atoms with Crippen molar-refractivity contribution in [1.29, 1.82) is 0 Å². The maximum absolute atomic E-state index is 12.7. The van der Waals surface area contributed by atoms with Crippen LogP contribution in [0.25, 0.3) is 0 Å². The smallest absolute Gasteiger partial charge is 0.409 e. The molecule has 1 N–H and O–H groups in total. The van der Waals surface area contributed by atoms with E-state index < -0.39 is 0 Å². The number of carbonyl (C=O) groups is 2. The first-order chi connectivity index (χ1) is 13.1. The summed E-state index contributed by atoms with van der Waals surface area (Å²) in [4.78, 5) is 36.1. The van der Waals surface area contributed by atoms with E-state index in [1.54, 1.807) is 22.8 Å². The number of benzene rings is 1. The lowest BCUT2D eigenvalue weighted by Crippen LogP contribution is -2.50. The van der Waals surface area contributed by atoms with Gasteiger partial charge in [0.25, 0.3) is 5.91 Å². The van der Waals surface area contributed by atoms with Gasteiger partial charge in [-0.2, -0.15) is 0 Å². The van der Waals surface area contributed by atoms with Gasteiger partial charge in [0.05, 0.1) is 6.61 Å². The van der Waals surface area contributed by atoms with Crippen LogP contribution in [0.3, 0.4) is 0 Å². The molecule has 142 valence electrons. The van der Waals surface area contributed by atoms with E-state index in [0.29, 0.717) is 44.3 Å². The Morgan fingerprint density at radius 3 is 2.52 bits per heavy atom. The van der Waals surface area contributed by atoms with Crippen molar-refractivity contribution in [2.24, 2.45) is 0 Å². The van der Waals surface area contributed by atoms with E-state index in [1.807, 2.05) is 31.2 Å². The van der Waals surface area contributed by atoms with E-state index in [1.165, 1.54) is 6.33 Å². The molecule has 0 atom stereocenters. The molecule has 1 aliphatic heterocycles. The van der Waals surface area contributed by atoms with Gasteiger partial charge in [0.2, 0.25) is 0 Å². The van der Waals surface area contributed by atoms with Gasteiger partial charge in [-0.05, 0) is 25.5 Å². The first kappa shape index (κ1) is 18.6. The van der Waals surface area contributed by atoms with Gasteiger partial charge in [-0.3, -0.25) is 4.79 Å². The van der Waals surface area contributed by atoms with Crippen molar-refractivity contribution >= 4 is 23.5 Å². The van der Waals surface area contributed by atoms with Gasteiger partial charge in [-0.1, -0.05) is 18.2 Å². The Morgan fingerprint density at radius 1 is 1.11 bits per heavy atom. The minimum absolute atomic E-state index is 0.172. The molecule has 0 saturated carbocycles. The Labute approximate surface area is 158 Å². The lowest BCUT2D eigenvalue weighted by atomic mass is 10.2. The van der Waals surface area contributed by atoms with Crippen LogP contribution in [0.15, 0.2) is 36.7 Å². The Kier molecular flexibility index (Phi) is 5.85. The molecule has 0 spiro atoms. The zero-order chi connectivity index (χ0) is 19.2. The molecule has 2 amide bonds. The Hall–Kier alpha value is -3.16. The number of para-hydroxylation sites is 1. The van der Waals surface area contributed by atoms with Gasteiger partial charge >= 0.3 is 6.09 Å². The molecule has 0 unspecified atom stereocenters. The summed E-state index contributed by atoms with van der Waals surface area (Å²) in [6, 6.07) is 9.50. The molecule has 8 nitrogen and oxygen atoms in total. The standard InChI is InChI=1S/C19H23N5O3/c1-3-27-19(26)24-10-8-23(9-11-24)18(25)16-12-17(21-13-20-16)22-15-7-5-4-6-14(15)2/h4-7,12-13H,3,8-11H2,1-2H3,(H,20,21,22). The number of nitrogens with one attached hydrogen (secondary N) is 1. The molecule has 1 aromatic heterocycles. The summed E-state index contributed by atoms with van der Waals surface area (Å²) in [7, 11) is 0. The van der Waals surface area contributed by atoms with E-state index in [-0.39, 0.29) is 12.0 Å². The largest absolute Gasteiger partial charge is 0.450 e. The highest BCUT2D eigenvalue weighted by molar-refractivity contribution is 5.93. The number of nitrogens with zero attached hydrogens (tertiary/aromatic N) is 4. The normalized spacial score (nSPS) is 14.0. The van der Waals surface area contributed by atoms with Crippen molar-refractivity contribution in [3.63, 3.8) is 0 Å². The maximum Gasteiger partial charge on any atom is 0.409 e. The lowest BCUT2D eigenvalue weighted by Gasteiger charge is -2.33. The van der Waals surface area contributed by atoms with Gasteiger partial charge < -0.3 is 19.9 Å². The lowest BCUT2D eigenvalue weighted by molar-refractivity contribution is 0.0566. The molecule has 8 heteroatoms. The summed E-state index contributed by atoms with van der Waals surface area (Å²) in [5.41, 5.74) is 2.34. The number of hydrogen-bond acceptors (Lipinski definition) is 6. The summed E-state index contributed by atoms with van der Waals surface area (Å²) in [5, 5.41) is 3.22. The van der Waals surface area contributed by atoms with Crippen LogP contribution in [0.1, 0.15) is 23.0 Å². The molecule has 1 aliphatic rings. The third-order valence-electron chi connectivity index (χ3n) is 4.39. The molecular weight excluding hydrogens is 346 g/mol. The number of ether oxygens (including phenoxy) is 1. The molecule has 1 saturated heterocycles. The number of amides is 2. The van der Waals surface area contributed by atoms with Crippen LogP contribution in [0.5, 0.6) is 0 Å². The quantitative estimate of drug-likeness (QED) is 0.891. The van der Waals surface area contributed by atoms with E-state index in [2.05, 4.69) is 15.3 Å². The second kappa shape index (κ2) is 8.48. The van der Waals surface area contributed by atoms with Crippen molar-refractivity contribution in [3.05, 3.63) is 47.9 Å². The molecule has 3 rings (SSSR count). The fraction of sp³-hybridized carbons (Fsp3) is 0.368. The molecule has 27 heavy (non-hydrogen) atoms. The summed E-state index contributed by atoms with van der Waals surface area (Å²) < 4.78 is 5.00. The molecule has 0 bridgehead atoms. The van der Waals surface area contributed by atoms with Crippen LogP contribution in [-0.2, 0) is 4.74 Å². The van der Waals surface area contributed by atoms with Crippen LogP contribution >= 0.6 is 0 Å². The molecule has 2 aromatic rings. The molecule has 2 heterocycles. The Balaban J connectivity index is 1.64. The van der Waals surface area contributed by atoms with E-state index >= 15 is 0 Å². The van der Waals surface area contributed by atoms with Crippen molar-refractivity contribution in [1.82, 2.24) is 19.8 Å². The van der Waals surface area contributed by atoms with E-state index in [9.17, 15) is 9.59 Å². The van der Waals surface area contributed by atoms with Crippen molar-refractivity contribution in [3.8, 4) is 0 Å². The van der Waals surface area contributed by atoms with Crippen LogP contribution in [0.2, 0.25) is 0 Å². The van der Waals surface area contributed by atoms with E-state index in [0.717, 1.165) is 11.3 Å². The molecule has 0 radical (unpaired) electrons. The predicted molar refractivity (Wildman–Crippen MR) is 101 cm³/mol. The summed E-state index contributed by atoms with van der Waals surface area (Å²) in [6.45, 7) is 5.90. The minimum atomic E-state index is -0.337. The van der Waals surface area contributed by atoms with Crippen LogP contribution in [0.4, 0.5) is 16.3 Å². The van der Waals surface area contributed by atoms with Crippen LogP contribution in [-0.4, -0.2) is 64.6 Å². The number of hydrogen-bond donors (Lipinski definition) is 1. The molecule has 1 aromatic carbocycles. The first-order valence-electron chi connectivity index (χ1n) is 8.94. The molecule has 0 aliphatic carbocycles. The zero-order valence-electron chi connectivity index (χ0n) is 15.5. The average molecular weight is 369 g/mol. The highest BCUT2D eigenvalue weighted by Crippen LogP contribution is 2.19. The number of piperazine rings is 1. The SMILES string of the molecule is CCOC(=O)N1CCN(C(=O)c2cc(Nc3ccccc3C)ncn2)CC1. The van der Waals surface area contributed by atoms with Crippen molar-refractivity contribution in [2.75, 3.05) is 38.1 Å². The van der Waals surface area contributed by atoms with E-state index in [4.69, 9.17) is 4.74 Å². The highest BCUT2D eigenvalue weighted by atomic mass is 16.6. The van der Waals surface area contributed by atoms with Gasteiger partial charge in [-0.15, -0.1) is 0 Å². The predicted octanol–water partition coefficient (Wildman–Crippen LogP) is 2.44. The maximum atomic E-state index is 12.7. The third-order valence-corrected chi connectivity index (χ3v) is 4.39. The number of anilines is 2. The van der Waals surface area contributed by atoms with Gasteiger partial charge in [0.15, 0.2) is 0 Å². The van der Waals surface area contributed by atoms with Crippen LogP contribution in [0, 0.1) is 6.92 Å². The number of aryl methyl sites for hydroxylation is 1. The van der Waals surface area contributed by atoms with Gasteiger partial charge in [0.1, 0.15) is 17.8 Å². The molecular formula is C19H23N5O3. The van der Waals surface area contributed by atoms with Crippen LogP contribution < -0.4 is 5.32 Å². The summed E-state index contributed by atoms with van der Waals surface area (Å²) in [5.74, 6) is 0.390. The average Bonchev–Trinajstić information content (AvgIpc) is 2.70. The minimum Gasteiger partial charge on any atom is -0.450 e. The second-order valence-electron chi connectivity index (χ2n) is 6.21. The van der Waals surface area contributed by atoms with Crippen molar-refractivity contribution in [2.45, 2.75) is 13.8 Å². The third kappa shape index (κ3) is 4.52. The summed E-state index contributed by atoms with van der Waals surface area (Å²) >= 11 is 0. The first-order valence-corrected chi connectivity index (χ1v) is 8.94. The van der Waals surface area contributed by atoms with Crippen molar-refractivity contribution < 1.29 is 14.3 Å². The summed E-state index contributed by atoms with van der Waals surface area (Å²) in [6.07, 6.45) is 1.04. The number of rotatable bonds is 4. The van der Waals surface area contributed by atoms with Gasteiger partial charge in [0, 0.05) is 37.9 Å². The fourth-order valence-corrected chi connectivity index (χ4v) is 2.86. The second-order valence-corrected chi connectivity index (χ2v) is 6.21. The fourth-order valence-electron chi connectivity index (χ4n) is 2.86. The monoisotopic (exact) mass is 369 g/mol. The number of carbonyl (C=O) groups excluding carboxylic acids is 2. The Morgan fingerprint density at radius 2 is 1.81 bits per heavy atom. The number of aromatic nitrogens is 2. The highest BCUT2D eigenvalue weighted by Gasteiger charge is 2.26. The van der Waals surface area contributed by atoms with Gasteiger partial charge in [-0.25, -0.2) is 14.8 Å². The topological polar surface area (TPSA) is 87.7 Å².